The Hall–Kier alpha value is -3.40. The van der Waals surface area contributed by atoms with Crippen molar-refractivity contribution in [3.05, 3.63) is 94.2 Å². The normalized spacial score (nSPS) is 13.4. The third-order valence-corrected chi connectivity index (χ3v) is 5.70. The van der Waals surface area contributed by atoms with E-state index in [2.05, 4.69) is 41.0 Å². The molecule has 0 aliphatic heterocycles. The highest BCUT2D eigenvalue weighted by Gasteiger charge is 2.22. The van der Waals surface area contributed by atoms with E-state index in [0.29, 0.717) is 5.56 Å². The number of fused-ring (bicyclic) bond motifs is 3. The minimum atomic E-state index is -0.301. The van der Waals surface area contributed by atoms with Crippen molar-refractivity contribution >= 4 is 16.6 Å². The molecular formula is C24H20N2O2. The van der Waals surface area contributed by atoms with Gasteiger partial charge >= 0.3 is 0 Å². The molecule has 1 aliphatic carbocycles. The number of nitro groups is 1. The van der Waals surface area contributed by atoms with Crippen LogP contribution in [0.4, 0.5) is 5.69 Å². The molecule has 5 rings (SSSR count). The van der Waals surface area contributed by atoms with Crippen LogP contribution in [-0.4, -0.2) is 9.49 Å². The van der Waals surface area contributed by atoms with Crippen LogP contribution in [-0.2, 0) is 12.8 Å². The first-order valence-electron chi connectivity index (χ1n) is 9.69. The molecular weight excluding hydrogens is 348 g/mol. The van der Waals surface area contributed by atoms with Crippen LogP contribution >= 0.6 is 0 Å². The van der Waals surface area contributed by atoms with Crippen LogP contribution in [0.1, 0.15) is 24.1 Å². The zero-order chi connectivity index (χ0) is 19.1. The fourth-order valence-electron chi connectivity index (χ4n) is 4.46. The summed E-state index contributed by atoms with van der Waals surface area (Å²) >= 11 is 0. The highest BCUT2D eigenvalue weighted by Crippen LogP contribution is 2.38. The molecule has 0 radical (unpaired) electrons. The van der Waals surface area contributed by atoms with Crippen molar-refractivity contribution in [1.82, 2.24) is 4.57 Å². The topological polar surface area (TPSA) is 48.1 Å². The van der Waals surface area contributed by atoms with Gasteiger partial charge in [-0.05, 0) is 67.1 Å². The van der Waals surface area contributed by atoms with Crippen LogP contribution < -0.4 is 0 Å². The first kappa shape index (κ1) is 16.8. The number of nitro benzene ring substituents is 1. The Morgan fingerprint density at radius 3 is 2.43 bits per heavy atom. The largest absolute Gasteiger partial charge is 0.313 e. The summed E-state index contributed by atoms with van der Waals surface area (Å²) in [4.78, 5) is 11.2. The lowest BCUT2D eigenvalue weighted by Crippen LogP contribution is -2.06. The van der Waals surface area contributed by atoms with Crippen molar-refractivity contribution < 1.29 is 4.92 Å². The summed E-state index contributed by atoms with van der Waals surface area (Å²) in [6, 6.07) is 23.7. The molecule has 138 valence electrons. The van der Waals surface area contributed by atoms with Gasteiger partial charge in [0.1, 0.15) is 0 Å². The van der Waals surface area contributed by atoms with E-state index in [9.17, 15) is 10.1 Å². The van der Waals surface area contributed by atoms with Gasteiger partial charge in [0, 0.05) is 22.8 Å². The van der Waals surface area contributed by atoms with Crippen molar-refractivity contribution in [2.75, 3.05) is 0 Å². The van der Waals surface area contributed by atoms with E-state index in [1.54, 1.807) is 12.1 Å². The van der Waals surface area contributed by atoms with Crippen LogP contribution in [0.15, 0.2) is 72.8 Å². The van der Waals surface area contributed by atoms with Crippen molar-refractivity contribution in [3.63, 3.8) is 0 Å². The molecule has 0 saturated heterocycles. The summed E-state index contributed by atoms with van der Waals surface area (Å²) in [5.74, 6) is 0. The number of aryl methyl sites for hydroxylation is 1. The van der Waals surface area contributed by atoms with Crippen LogP contribution in [0.3, 0.4) is 0 Å². The average Bonchev–Trinajstić information content (AvgIpc) is 3.08. The molecule has 0 spiro atoms. The summed E-state index contributed by atoms with van der Waals surface area (Å²) in [6.45, 7) is 0. The van der Waals surface area contributed by atoms with E-state index in [4.69, 9.17) is 0 Å². The second-order valence-electron chi connectivity index (χ2n) is 7.31. The number of benzene rings is 3. The quantitative estimate of drug-likeness (QED) is 0.325. The maximum atomic E-state index is 11.5. The van der Waals surface area contributed by atoms with Gasteiger partial charge in [0.05, 0.1) is 16.0 Å². The maximum absolute atomic E-state index is 11.5. The van der Waals surface area contributed by atoms with Crippen molar-refractivity contribution in [1.29, 1.82) is 0 Å². The molecule has 0 saturated carbocycles. The highest BCUT2D eigenvalue weighted by atomic mass is 16.6. The lowest BCUT2D eigenvalue weighted by molar-refractivity contribution is -0.384. The van der Waals surface area contributed by atoms with E-state index in [0.717, 1.165) is 18.4 Å². The Morgan fingerprint density at radius 2 is 1.61 bits per heavy atom. The van der Waals surface area contributed by atoms with Crippen LogP contribution in [0.5, 0.6) is 0 Å². The van der Waals surface area contributed by atoms with E-state index >= 15 is 0 Å². The van der Waals surface area contributed by atoms with Gasteiger partial charge in [-0.1, -0.05) is 36.4 Å². The molecule has 28 heavy (non-hydrogen) atoms. The maximum Gasteiger partial charge on any atom is 0.277 e. The van der Waals surface area contributed by atoms with Gasteiger partial charge < -0.3 is 4.57 Å². The number of rotatable bonds is 3. The fourth-order valence-corrected chi connectivity index (χ4v) is 4.46. The molecule has 4 aromatic rings. The van der Waals surface area contributed by atoms with Gasteiger partial charge in [-0.2, -0.15) is 0 Å². The number of hydrogen-bond acceptors (Lipinski definition) is 2. The standard InChI is InChI=1S/C24H20N2O2/c27-26(28)24-13-7-4-10-19(24)17-14-15-23-21(16-17)20-11-5-6-12-22(20)25(23)18-8-2-1-3-9-18/h1-4,7-10,13-16H,5-6,11-12H2. The lowest BCUT2D eigenvalue weighted by atomic mass is 9.94. The molecule has 4 nitrogen and oxygen atoms in total. The number of para-hydroxylation sites is 2. The van der Waals surface area contributed by atoms with Crippen molar-refractivity contribution in [2.45, 2.75) is 25.7 Å². The molecule has 0 unspecified atom stereocenters. The molecule has 3 aromatic carbocycles. The van der Waals surface area contributed by atoms with Crippen LogP contribution in [0.25, 0.3) is 27.7 Å². The van der Waals surface area contributed by atoms with E-state index in [1.165, 1.54) is 40.7 Å². The molecule has 0 atom stereocenters. The number of nitrogens with zero attached hydrogens (tertiary/aromatic N) is 2. The molecule has 1 aliphatic rings. The van der Waals surface area contributed by atoms with Gasteiger partial charge in [0.2, 0.25) is 0 Å². The third-order valence-electron chi connectivity index (χ3n) is 5.70. The predicted octanol–water partition coefficient (Wildman–Crippen LogP) is 6.08. The Morgan fingerprint density at radius 1 is 0.857 bits per heavy atom. The smallest absolute Gasteiger partial charge is 0.277 e. The van der Waals surface area contributed by atoms with Gasteiger partial charge in [0.25, 0.3) is 5.69 Å². The lowest BCUT2D eigenvalue weighted by Gasteiger charge is -2.16. The van der Waals surface area contributed by atoms with Crippen LogP contribution in [0.2, 0.25) is 0 Å². The number of aromatic nitrogens is 1. The van der Waals surface area contributed by atoms with Gasteiger partial charge in [-0.3, -0.25) is 10.1 Å². The van der Waals surface area contributed by atoms with Crippen molar-refractivity contribution in [3.8, 4) is 16.8 Å². The van der Waals surface area contributed by atoms with Crippen molar-refractivity contribution in [2.24, 2.45) is 0 Å². The molecule has 0 fully saturated rings. The average molecular weight is 368 g/mol. The van der Waals surface area contributed by atoms with E-state index in [-0.39, 0.29) is 10.6 Å². The molecule has 4 heteroatoms. The Kier molecular flexibility index (Phi) is 3.97. The third kappa shape index (κ3) is 2.61. The Bertz CT molecular complexity index is 1190. The highest BCUT2D eigenvalue weighted by molar-refractivity contribution is 5.92. The molecule has 1 heterocycles. The minimum absolute atomic E-state index is 0.151. The summed E-state index contributed by atoms with van der Waals surface area (Å²) in [5, 5.41) is 12.7. The van der Waals surface area contributed by atoms with Gasteiger partial charge in [-0.15, -0.1) is 0 Å². The summed E-state index contributed by atoms with van der Waals surface area (Å²) < 4.78 is 2.37. The molecule has 0 bridgehead atoms. The summed E-state index contributed by atoms with van der Waals surface area (Å²) in [7, 11) is 0. The summed E-state index contributed by atoms with van der Waals surface area (Å²) in [6.07, 6.45) is 4.52. The van der Waals surface area contributed by atoms with Crippen LogP contribution in [0, 0.1) is 10.1 Å². The SMILES string of the molecule is O=[N+]([O-])c1ccccc1-c1ccc2c(c1)c1c(n2-c2ccccc2)CCCC1. The second-order valence-corrected chi connectivity index (χ2v) is 7.31. The predicted molar refractivity (Wildman–Crippen MR) is 112 cm³/mol. The number of hydrogen-bond donors (Lipinski definition) is 0. The van der Waals surface area contributed by atoms with E-state index < -0.39 is 0 Å². The first-order chi connectivity index (χ1) is 13.7. The van der Waals surface area contributed by atoms with E-state index in [1.807, 2.05) is 24.3 Å². The van der Waals surface area contributed by atoms with Gasteiger partial charge in [0.15, 0.2) is 0 Å². The first-order valence-corrected chi connectivity index (χ1v) is 9.69. The zero-order valence-corrected chi connectivity index (χ0v) is 15.5. The molecule has 0 amide bonds. The molecule has 1 aromatic heterocycles. The summed E-state index contributed by atoms with van der Waals surface area (Å²) in [5.41, 5.74) is 6.86. The monoisotopic (exact) mass is 368 g/mol. The zero-order valence-electron chi connectivity index (χ0n) is 15.5. The van der Waals surface area contributed by atoms with Gasteiger partial charge in [-0.25, -0.2) is 0 Å². The molecule has 0 N–H and O–H groups in total. The Labute approximate surface area is 163 Å². The second kappa shape index (κ2) is 6.64. The Balaban J connectivity index is 1.77. The minimum Gasteiger partial charge on any atom is -0.313 e. The fraction of sp³-hybridized carbons (Fsp3) is 0.167.